The molecule has 0 saturated carbocycles. The Kier molecular flexibility index (Phi) is 8.12. The topological polar surface area (TPSA) is 104 Å². The number of methoxy groups -OCH3 is 2. The third-order valence-corrected chi connectivity index (χ3v) is 5.07. The summed E-state index contributed by atoms with van der Waals surface area (Å²) in [5, 5.41) is 21.7. The second kappa shape index (κ2) is 11.4. The van der Waals surface area contributed by atoms with Gasteiger partial charge in [-0.3, -0.25) is 4.79 Å². The fourth-order valence-electron chi connectivity index (χ4n) is 3.06. The maximum atomic E-state index is 12.6. The zero-order valence-electron chi connectivity index (χ0n) is 18.5. The molecule has 34 heavy (non-hydrogen) atoms. The van der Waals surface area contributed by atoms with E-state index in [4.69, 9.17) is 25.8 Å². The highest BCUT2D eigenvalue weighted by Crippen LogP contribution is 2.37. The smallest absolute Gasteiger partial charge is 0.266 e. The average Bonchev–Trinajstić information content (AvgIpc) is 2.86. The van der Waals surface area contributed by atoms with Crippen LogP contribution in [-0.4, -0.2) is 20.1 Å². The summed E-state index contributed by atoms with van der Waals surface area (Å²) in [7, 11) is 3.00. The van der Waals surface area contributed by atoms with Gasteiger partial charge in [0.1, 0.15) is 24.0 Å². The van der Waals surface area contributed by atoms with Gasteiger partial charge in [-0.25, -0.2) is 0 Å². The predicted octanol–water partition coefficient (Wildman–Crippen LogP) is 5.35. The van der Waals surface area contributed by atoms with Gasteiger partial charge >= 0.3 is 0 Å². The summed E-state index contributed by atoms with van der Waals surface area (Å²) in [6.45, 7) is 0.114. The van der Waals surface area contributed by atoms with Gasteiger partial charge in [-0.15, -0.1) is 0 Å². The normalized spacial score (nSPS) is 10.6. The first-order chi connectivity index (χ1) is 16.5. The molecule has 0 radical (unpaired) electrons. The molecule has 8 heteroatoms. The number of carbonyl (C=O) groups excluding carboxylic acids is 1. The molecule has 0 bridgehead atoms. The molecule has 3 aromatic carbocycles. The molecule has 0 saturated heterocycles. The number of rotatable bonds is 8. The van der Waals surface area contributed by atoms with E-state index in [1.165, 1.54) is 13.2 Å². The van der Waals surface area contributed by atoms with Crippen LogP contribution in [0.15, 0.2) is 66.2 Å². The van der Waals surface area contributed by atoms with E-state index < -0.39 is 5.91 Å². The minimum atomic E-state index is -0.573. The zero-order chi connectivity index (χ0) is 24.5. The number of hydrogen-bond acceptors (Lipinski definition) is 6. The van der Waals surface area contributed by atoms with Crippen molar-refractivity contribution in [3.63, 3.8) is 0 Å². The van der Waals surface area contributed by atoms with Crippen molar-refractivity contribution in [3.8, 4) is 29.4 Å². The van der Waals surface area contributed by atoms with Gasteiger partial charge in [0.15, 0.2) is 11.5 Å². The molecular weight excluding hydrogens is 454 g/mol. The summed E-state index contributed by atoms with van der Waals surface area (Å²) < 4.78 is 16.3. The van der Waals surface area contributed by atoms with Crippen LogP contribution in [0.5, 0.6) is 17.2 Å². The first-order valence-electron chi connectivity index (χ1n) is 10.0. The molecule has 0 aliphatic carbocycles. The van der Waals surface area contributed by atoms with E-state index in [2.05, 4.69) is 11.4 Å². The largest absolute Gasteiger partial charge is 0.497 e. The van der Waals surface area contributed by atoms with Crippen molar-refractivity contribution in [2.45, 2.75) is 6.61 Å². The molecule has 1 N–H and O–H groups in total. The first kappa shape index (κ1) is 24.2. The van der Waals surface area contributed by atoms with Gasteiger partial charge in [-0.05, 0) is 54.1 Å². The third kappa shape index (κ3) is 5.86. The molecule has 0 atom stereocenters. The van der Waals surface area contributed by atoms with Crippen LogP contribution in [0.1, 0.15) is 16.7 Å². The molecule has 3 rings (SSSR count). The molecule has 3 aromatic rings. The maximum Gasteiger partial charge on any atom is 0.266 e. The molecule has 0 aliphatic heterocycles. The lowest BCUT2D eigenvalue weighted by atomic mass is 10.1. The third-order valence-electron chi connectivity index (χ3n) is 4.79. The number of hydrogen-bond donors (Lipinski definition) is 1. The van der Waals surface area contributed by atoms with E-state index in [0.717, 1.165) is 0 Å². The quantitative estimate of drug-likeness (QED) is 0.349. The van der Waals surface area contributed by atoms with Gasteiger partial charge in [-0.2, -0.15) is 10.5 Å². The van der Waals surface area contributed by atoms with Crippen molar-refractivity contribution < 1.29 is 19.0 Å². The Labute approximate surface area is 202 Å². The fourth-order valence-corrected chi connectivity index (χ4v) is 3.33. The number of amides is 1. The molecule has 0 aromatic heterocycles. The summed E-state index contributed by atoms with van der Waals surface area (Å²) in [6.07, 6.45) is 1.40. The number of nitrogens with zero attached hydrogens (tertiary/aromatic N) is 2. The highest BCUT2D eigenvalue weighted by molar-refractivity contribution is 6.32. The van der Waals surface area contributed by atoms with Crippen LogP contribution in [-0.2, 0) is 11.4 Å². The zero-order valence-corrected chi connectivity index (χ0v) is 19.2. The first-order valence-corrected chi connectivity index (χ1v) is 10.4. The summed E-state index contributed by atoms with van der Waals surface area (Å²) >= 11 is 6.42. The lowest BCUT2D eigenvalue weighted by Crippen LogP contribution is -2.13. The number of anilines is 1. The standard InChI is InChI=1S/C26H20ClN3O4/c1-32-22-9-7-21(8-10-22)30-26(31)20(15-29)11-17-12-23(27)25(24(13-17)33-2)34-16-19-6-4-3-5-18(19)14-28/h3-13H,16H2,1-2H3,(H,30,31)/b20-11-. The number of nitriles is 2. The Morgan fingerprint density at radius 3 is 2.44 bits per heavy atom. The average molecular weight is 474 g/mol. The molecule has 1 amide bonds. The van der Waals surface area contributed by atoms with E-state index in [0.29, 0.717) is 33.9 Å². The van der Waals surface area contributed by atoms with Crippen LogP contribution >= 0.6 is 11.6 Å². The highest BCUT2D eigenvalue weighted by atomic mass is 35.5. The van der Waals surface area contributed by atoms with Gasteiger partial charge in [0.05, 0.1) is 30.9 Å². The number of nitrogens with one attached hydrogen (secondary N) is 1. The van der Waals surface area contributed by atoms with Crippen molar-refractivity contribution in [2.24, 2.45) is 0 Å². The van der Waals surface area contributed by atoms with Crippen LogP contribution in [0.2, 0.25) is 5.02 Å². The Morgan fingerprint density at radius 2 is 1.79 bits per heavy atom. The lowest BCUT2D eigenvalue weighted by Gasteiger charge is -2.14. The van der Waals surface area contributed by atoms with E-state index in [1.54, 1.807) is 61.7 Å². The molecule has 0 heterocycles. The molecule has 0 spiro atoms. The maximum absolute atomic E-state index is 12.6. The fraction of sp³-hybridized carbons (Fsp3) is 0.115. The Bertz CT molecular complexity index is 1310. The summed E-state index contributed by atoms with van der Waals surface area (Å²) in [5.41, 5.74) is 2.08. The van der Waals surface area contributed by atoms with Gasteiger partial charge in [0.2, 0.25) is 0 Å². The number of ether oxygens (including phenoxy) is 3. The Balaban J connectivity index is 1.81. The van der Waals surface area contributed by atoms with Crippen LogP contribution in [0.4, 0.5) is 5.69 Å². The molecular formula is C26H20ClN3O4. The second-order valence-electron chi connectivity index (χ2n) is 6.94. The predicted molar refractivity (Wildman–Crippen MR) is 129 cm³/mol. The van der Waals surface area contributed by atoms with Crippen molar-refractivity contribution in [3.05, 3.63) is 87.9 Å². The van der Waals surface area contributed by atoms with Gasteiger partial charge in [-0.1, -0.05) is 29.8 Å². The van der Waals surface area contributed by atoms with E-state index in [1.807, 2.05) is 12.1 Å². The van der Waals surface area contributed by atoms with E-state index in [9.17, 15) is 15.3 Å². The number of carbonyl (C=O) groups is 1. The van der Waals surface area contributed by atoms with Crippen molar-refractivity contribution in [2.75, 3.05) is 19.5 Å². The summed E-state index contributed by atoms with van der Waals surface area (Å²) in [4.78, 5) is 12.6. The Hall–Kier alpha value is -4.46. The molecule has 0 fully saturated rings. The minimum absolute atomic E-state index is 0.114. The summed E-state index contributed by atoms with van der Waals surface area (Å²) in [5.74, 6) is 0.682. The number of halogens is 1. The molecule has 0 unspecified atom stereocenters. The SMILES string of the molecule is COc1ccc(NC(=O)/C(C#N)=C\c2cc(Cl)c(OCc3ccccc3C#N)c(OC)c2)cc1. The van der Waals surface area contributed by atoms with Gasteiger partial charge in [0, 0.05) is 11.3 Å². The van der Waals surface area contributed by atoms with Crippen molar-refractivity contribution in [1.29, 1.82) is 10.5 Å². The molecule has 7 nitrogen and oxygen atoms in total. The van der Waals surface area contributed by atoms with Crippen molar-refractivity contribution in [1.82, 2.24) is 0 Å². The second-order valence-corrected chi connectivity index (χ2v) is 7.35. The monoisotopic (exact) mass is 473 g/mol. The minimum Gasteiger partial charge on any atom is -0.497 e. The van der Waals surface area contributed by atoms with Crippen LogP contribution < -0.4 is 19.5 Å². The van der Waals surface area contributed by atoms with Crippen LogP contribution in [0.25, 0.3) is 6.08 Å². The molecule has 0 aliphatic rings. The number of benzene rings is 3. The highest BCUT2D eigenvalue weighted by Gasteiger charge is 2.15. The van der Waals surface area contributed by atoms with Crippen LogP contribution in [0.3, 0.4) is 0 Å². The van der Waals surface area contributed by atoms with Gasteiger partial charge in [0.25, 0.3) is 5.91 Å². The lowest BCUT2D eigenvalue weighted by molar-refractivity contribution is -0.112. The van der Waals surface area contributed by atoms with Crippen LogP contribution in [0, 0.1) is 22.7 Å². The van der Waals surface area contributed by atoms with E-state index >= 15 is 0 Å². The van der Waals surface area contributed by atoms with Crippen molar-refractivity contribution >= 4 is 29.3 Å². The van der Waals surface area contributed by atoms with Gasteiger partial charge < -0.3 is 19.5 Å². The molecule has 170 valence electrons. The summed E-state index contributed by atoms with van der Waals surface area (Å²) in [6, 6.07) is 21.0. The Morgan fingerprint density at radius 1 is 1.06 bits per heavy atom. The van der Waals surface area contributed by atoms with E-state index in [-0.39, 0.29) is 23.0 Å².